The van der Waals surface area contributed by atoms with E-state index in [1.54, 1.807) is 18.8 Å². The first-order valence-electron chi connectivity index (χ1n) is 6.54. The molecule has 1 aromatic carbocycles. The van der Waals surface area contributed by atoms with Crippen molar-refractivity contribution in [3.05, 3.63) is 55.3 Å². The van der Waals surface area contributed by atoms with Gasteiger partial charge in [0.15, 0.2) is 0 Å². The standard InChI is InChI=1S/C15H17N3O/c1-2-9-19-15(6-1)11-17-13-4-3-5-14(10-13)18-8-7-16-12-18/h2-5,7-10,12,15,17H,1,6,11H2. The third kappa shape index (κ3) is 2.96. The highest BCUT2D eigenvalue weighted by Crippen LogP contribution is 2.16. The Kier molecular flexibility index (Phi) is 3.49. The van der Waals surface area contributed by atoms with E-state index in [9.17, 15) is 0 Å². The zero-order valence-electron chi connectivity index (χ0n) is 10.7. The van der Waals surface area contributed by atoms with Crippen LogP contribution in [-0.4, -0.2) is 22.2 Å². The molecule has 2 aromatic rings. The highest BCUT2D eigenvalue weighted by Gasteiger charge is 2.10. The SMILES string of the molecule is C1=COC(CNc2cccc(-n3ccnc3)c2)CC1. The molecule has 0 radical (unpaired) electrons. The molecule has 98 valence electrons. The minimum absolute atomic E-state index is 0.266. The van der Waals surface area contributed by atoms with Gasteiger partial charge in [0.1, 0.15) is 6.10 Å². The molecule has 1 aromatic heterocycles. The first-order chi connectivity index (χ1) is 9.42. The van der Waals surface area contributed by atoms with Crippen LogP contribution in [0.3, 0.4) is 0 Å². The monoisotopic (exact) mass is 255 g/mol. The Bertz CT molecular complexity index is 548. The normalized spacial score (nSPS) is 18.0. The number of imidazole rings is 1. The van der Waals surface area contributed by atoms with Gasteiger partial charge in [-0.15, -0.1) is 0 Å². The fraction of sp³-hybridized carbons (Fsp3) is 0.267. The molecule has 4 nitrogen and oxygen atoms in total. The van der Waals surface area contributed by atoms with E-state index in [0.717, 1.165) is 30.8 Å². The van der Waals surface area contributed by atoms with E-state index < -0.39 is 0 Å². The van der Waals surface area contributed by atoms with Crippen molar-refractivity contribution in [3.8, 4) is 5.69 Å². The van der Waals surface area contributed by atoms with Crippen LogP contribution in [0.25, 0.3) is 5.69 Å². The van der Waals surface area contributed by atoms with Crippen molar-refractivity contribution in [3.63, 3.8) is 0 Å². The maximum Gasteiger partial charge on any atom is 0.115 e. The molecule has 1 aliphatic heterocycles. The summed E-state index contributed by atoms with van der Waals surface area (Å²) in [7, 11) is 0. The summed E-state index contributed by atoms with van der Waals surface area (Å²) >= 11 is 0. The first kappa shape index (κ1) is 11.8. The Labute approximate surface area is 112 Å². The molecule has 0 spiro atoms. The van der Waals surface area contributed by atoms with Crippen LogP contribution in [0.15, 0.2) is 55.3 Å². The van der Waals surface area contributed by atoms with Gasteiger partial charge in [-0.3, -0.25) is 0 Å². The lowest BCUT2D eigenvalue weighted by atomic mass is 10.1. The van der Waals surface area contributed by atoms with Gasteiger partial charge in [0.2, 0.25) is 0 Å². The summed E-state index contributed by atoms with van der Waals surface area (Å²) in [6.45, 7) is 0.831. The van der Waals surface area contributed by atoms with E-state index in [0.29, 0.717) is 0 Å². The lowest BCUT2D eigenvalue weighted by molar-refractivity contribution is 0.135. The maximum absolute atomic E-state index is 5.54. The average Bonchev–Trinajstić information content (AvgIpc) is 3.01. The molecule has 1 N–H and O–H groups in total. The van der Waals surface area contributed by atoms with E-state index in [2.05, 4.69) is 34.6 Å². The number of aromatic nitrogens is 2. The summed E-state index contributed by atoms with van der Waals surface area (Å²) in [5.74, 6) is 0. The van der Waals surface area contributed by atoms with E-state index in [-0.39, 0.29) is 6.10 Å². The quantitative estimate of drug-likeness (QED) is 0.913. The lowest BCUT2D eigenvalue weighted by Crippen LogP contribution is -2.22. The number of anilines is 1. The van der Waals surface area contributed by atoms with Gasteiger partial charge in [0, 0.05) is 23.8 Å². The summed E-state index contributed by atoms with van der Waals surface area (Å²) in [4.78, 5) is 4.06. The summed E-state index contributed by atoms with van der Waals surface area (Å²) in [6.07, 6.45) is 11.8. The summed E-state index contributed by atoms with van der Waals surface area (Å²) in [5.41, 5.74) is 2.20. The number of hydrogen-bond donors (Lipinski definition) is 1. The average molecular weight is 255 g/mol. The van der Waals surface area contributed by atoms with Crippen molar-refractivity contribution in [1.82, 2.24) is 9.55 Å². The van der Waals surface area contributed by atoms with Gasteiger partial charge in [0.05, 0.1) is 19.1 Å². The molecule has 4 heteroatoms. The van der Waals surface area contributed by atoms with Gasteiger partial charge in [-0.2, -0.15) is 0 Å². The van der Waals surface area contributed by atoms with Crippen LogP contribution in [0.5, 0.6) is 0 Å². The second kappa shape index (κ2) is 5.61. The van der Waals surface area contributed by atoms with E-state index in [4.69, 9.17) is 4.74 Å². The van der Waals surface area contributed by atoms with Crippen molar-refractivity contribution in [2.24, 2.45) is 0 Å². The Morgan fingerprint density at radius 3 is 3.21 bits per heavy atom. The fourth-order valence-corrected chi connectivity index (χ4v) is 2.16. The third-order valence-corrected chi connectivity index (χ3v) is 3.21. The molecule has 0 fully saturated rings. The van der Waals surface area contributed by atoms with Gasteiger partial charge in [0.25, 0.3) is 0 Å². The van der Waals surface area contributed by atoms with Gasteiger partial charge in [-0.05, 0) is 37.1 Å². The van der Waals surface area contributed by atoms with Crippen LogP contribution in [0, 0.1) is 0 Å². The van der Waals surface area contributed by atoms with Gasteiger partial charge in [-0.25, -0.2) is 4.98 Å². The van der Waals surface area contributed by atoms with Crippen LogP contribution < -0.4 is 5.32 Å². The van der Waals surface area contributed by atoms with Crippen molar-refractivity contribution < 1.29 is 4.74 Å². The lowest BCUT2D eigenvalue weighted by Gasteiger charge is -2.20. The Morgan fingerprint density at radius 2 is 2.42 bits per heavy atom. The van der Waals surface area contributed by atoms with Crippen molar-refractivity contribution in [2.75, 3.05) is 11.9 Å². The summed E-state index contributed by atoms with van der Waals surface area (Å²) in [5, 5.41) is 3.42. The third-order valence-electron chi connectivity index (χ3n) is 3.21. The van der Waals surface area contributed by atoms with Crippen molar-refractivity contribution >= 4 is 5.69 Å². The minimum Gasteiger partial charge on any atom is -0.497 e. The van der Waals surface area contributed by atoms with Crippen LogP contribution in [0.1, 0.15) is 12.8 Å². The molecular formula is C15H17N3O. The molecule has 0 amide bonds. The minimum atomic E-state index is 0.266. The predicted octanol–water partition coefficient (Wildman–Crippen LogP) is 2.98. The molecule has 1 atom stereocenters. The second-order valence-corrected chi connectivity index (χ2v) is 4.61. The smallest absolute Gasteiger partial charge is 0.115 e. The molecule has 0 saturated heterocycles. The van der Waals surface area contributed by atoms with E-state index >= 15 is 0 Å². The number of nitrogens with zero attached hydrogens (tertiary/aromatic N) is 2. The molecule has 1 aliphatic rings. The van der Waals surface area contributed by atoms with Crippen molar-refractivity contribution in [1.29, 1.82) is 0 Å². The number of nitrogens with one attached hydrogen (secondary N) is 1. The van der Waals surface area contributed by atoms with E-state index in [1.807, 2.05) is 16.8 Å². The number of benzene rings is 1. The second-order valence-electron chi connectivity index (χ2n) is 4.61. The van der Waals surface area contributed by atoms with Crippen LogP contribution in [0.2, 0.25) is 0 Å². The fourth-order valence-electron chi connectivity index (χ4n) is 2.16. The van der Waals surface area contributed by atoms with Crippen LogP contribution in [0.4, 0.5) is 5.69 Å². The molecule has 0 bridgehead atoms. The number of rotatable bonds is 4. The van der Waals surface area contributed by atoms with Crippen LogP contribution in [-0.2, 0) is 4.74 Å². The molecule has 2 heterocycles. The highest BCUT2D eigenvalue weighted by molar-refractivity contribution is 5.51. The maximum atomic E-state index is 5.54. The molecular weight excluding hydrogens is 238 g/mol. The summed E-state index contributed by atoms with van der Waals surface area (Å²) in [6, 6.07) is 8.28. The Balaban J connectivity index is 1.65. The van der Waals surface area contributed by atoms with E-state index in [1.165, 1.54) is 0 Å². The predicted molar refractivity (Wildman–Crippen MR) is 75.3 cm³/mol. The van der Waals surface area contributed by atoms with Gasteiger partial charge in [-0.1, -0.05) is 6.07 Å². The topological polar surface area (TPSA) is 39.1 Å². The molecule has 3 rings (SSSR count). The summed E-state index contributed by atoms with van der Waals surface area (Å²) < 4.78 is 7.53. The van der Waals surface area contributed by atoms with Crippen molar-refractivity contribution in [2.45, 2.75) is 18.9 Å². The van der Waals surface area contributed by atoms with Gasteiger partial charge >= 0.3 is 0 Å². The zero-order chi connectivity index (χ0) is 12.9. The Morgan fingerprint density at radius 1 is 1.42 bits per heavy atom. The molecule has 0 aliphatic carbocycles. The van der Waals surface area contributed by atoms with Gasteiger partial charge < -0.3 is 14.6 Å². The largest absolute Gasteiger partial charge is 0.497 e. The molecule has 19 heavy (non-hydrogen) atoms. The first-order valence-corrected chi connectivity index (χ1v) is 6.54. The highest BCUT2D eigenvalue weighted by atomic mass is 16.5. The van der Waals surface area contributed by atoms with Crippen LogP contribution >= 0.6 is 0 Å². The molecule has 0 saturated carbocycles. The number of hydrogen-bond acceptors (Lipinski definition) is 3. The number of allylic oxidation sites excluding steroid dienone is 1. The Hall–Kier alpha value is -2.23. The molecule has 1 unspecified atom stereocenters. The zero-order valence-corrected chi connectivity index (χ0v) is 10.7. The number of ether oxygens (including phenoxy) is 1.